The van der Waals surface area contributed by atoms with Crippen molar-refractivity contribution in [3.63, 3.8) is 0 Å². The predicted octanol–water partition coefficient (Wildman–Crippen LogP) is 4.76. The van der Waals surface area contributed by atoms with Crippen LogP contribution in [0.25, 0.3) is 0 Å². The van der Waals surface area contributed by atoms with E-state index in [-0.39, 0.29) is 23.7 Å². The van der Waals surface area contributed by atoms with E-state index >= 15 is 0 Å². The third kappa shape index (κ3) is 6.26. The summed E-state index contributed by atoms with van der Waals surface area (Å²) >= 11 is 0. The third-order valence-electron chi connectivity index (χ3n) is 7.79. The smallest absolute Gasteiger partial charge is 0.246 e. The predicted molar refractivity (Wildman–Crippen MR) is 149 cm³/mol. The summed E-state index contributed by atoms with van der Waals surface area (Å²) < 4.78 is 7.20. The van der Waals surface area contributed by atoms with Crippen molar-refractivity contribution < 1.29 is 14.3 Å². The van der Waals surface area contributed by atoms with Crippen molar-refractivity contribution in [2.24, 2.45) is 5.73 Å². The highest BCUT2D eigenvalue weighted by atomic mass is 16.5. The Morgan fingerprint density at radius 1 is 1.11 bits per heavy atom. The summed E-state index contributed by atoms with van der Waals surface area (Å²) in [4.78, 5) is 31.8. The number of rotatable bonds is 13. The lowest BCUT2D eigenvalue weighted by Gasteiger charge is -2.52. The summed E-state index contributed by atoms with van der Waals surface area (Å²) in [5.41, 5.74) is 9.79. The first kappa shape index (κ1) is 27.4. The van der Waals surface area contributed by atoms with Crippen molar-refractivity contribution in [3.8, 4) is 5.75 Å². The van der Waals surface area contributed by atoms with Crippen LogP contribution in [0.2, 0.25) is 0 Å². The highest BCUT2D eigenvalue weighted by molar-refractivity contribution is 5.82. The number of carbonyl (C=O) groups excluding carboxylic acids is 2. The molecule has 0 spiro atoms. The molecule has 0 radical (unpaired) electrons. The molecule has 0 unspecified atom stereocenters. The normalized spacial score (nSPS) is 15.1. The first-order valence-corrected chi connectivity index (χ1v) is 13.6. The molecule has 1 saturated heterocycles. The summed E-state index contributed by atoms with van der Waals surface area (Å²) in [6, 6.07) is 16.0. The monoisotopic (exact) mass is 516 g/mol. The van der Waals surface area contributed by atoms with Crippen molar-refractivity contribution in [2.75, 3.05) is 20.2 Å². The molecule has 2 amide bonds. The van der Waals surface area contributed by atoms with E-state index in [4.69, 9.17) is 10.5 Å². The van der Waals surface area contributed by atoms with Crippen LogP contribution in [0, 0.1) is 6.92 Å². The number of hydrogen-bond acceptors (Lipinski definition) is 4. The Balaban J connectivity index is 1.57. The molecule has 2 N–H and O–H groups in total. The fraction of sp³-hybridized carbons (Fsp3) is 0.452. The molecule has 7 heteroatoms. The van der Waals surface area contributed by atoms with Gasteiger partial charge in [0.25, 0.3) is 0 Å². The van der Waals surface area contributed by atoms with Crippen molar-refractivity contribution >= 4 is 11.8 Å². The number of methoxy groups -OCH3 is 1. The lowest BCUT2D eigenvalue weighted by Crippen LogP contribution is -2.62. The Bertz CT molecular complexity index is 1230. The number of ether oxygens (including phenoxy) is 1. The molecule has 1 atom stereocenters. The van der Waals surface area contributed by atoms with Gasteiger partial charge in [0, 0.05) is 37.5 Å². The third-order valence-corrected chi connectivity index (χ3v) is 7.79. The SMILES string of the molecule is CCCCCC1(c2ccccc2C)CN(C(=O)[C@@H](Cc2ccc(OC)cc2)n2cnc(CCC(N)=O)c2)C1. The number of primary amides is 1. The molecule has 0 saturated carbocycles. The second kappa shape index (κ2) is 12.3. The highest BCUT2D eigenvalue weighted by Gasteiger charge is 2.47. The van der Waals surface area contributed by atoms with Crippen LogP contribution in [0.5, 0.6) is 5.75 Å². The van der Waals surface area contributed by atoms with Crippen LogP contribution in [0.15, 0.2) is 61.1 Å². The first-order chi connectivity index (χ1) is 18.3. The largest absolute Gasteiger partial charge is 0.497 e. The van der Waals surface area contributed by atoms with Gasteiger partial charge in [0.2, 0.25) is 11.8 Å². The Kier molecular flexibility index (Phi) is 8.87. The summed E-state index contributed by atoms with van der Waals surface area (Å²) in [5.74, 6) is 0.520. The molecule has 1 aromatic heterocycles. The number of amides is 2. The number of carbonyl (C=O) groups is 2. The lowest BCUT2D eigenvalue weighted by molar-refractivity contribution is -0.143. The number of nitrogens with two attached hydrogens (primary N) is 1. The number of imidazole rings is 1. The number of nitrogens with zero attached hydrogens (tertiary/aromatic N) is 3. The van der Waals surface area contributed by atoms with Crippen LogP contribution in [-0.2, 0) is 27.8 Å². The van der Waals surface area contributed by atoms with Crippen molar-refractivity contribution in [1.29, 1.82) is 0 Å². The minimum absolute atomic E-state index is 0.00240. The topological polar surface area (TPSA) is 90.4 Å². The van der Waals surface area contributed by atoms with Gasteiger partial charge in [0.15, 0.2) is 0 Å². The summed E-state index contributed by atoms with van der Waals surface area (Å²) in [5, 5.41) is 0. The maximum atomic E-state index is 14.0. The van der Waals surface area contributed by atoms with E-state index in [1.807, 2.05) is 39.9 Å². The van der Waals surface area contributed by atoms with E-state index in [1.54, 1.807) is 13.4 Å². The highest BCUT2D eigenvalue weighted by Crippen LogP contribution is 2.42. The minimum atomic E-state index is -0.427. The van der Waals surface area contributed by atoms with Gasteiger partial charge in [-0.25, -0.2) is 4.98 Å². The van der Waals surface area contributed by atoms with Crippen LogP contribution >= 0.6 is 0 Å². The fourth-order valence-electron chi connectivity index (χ4n) is 5.63. The van der Waals surface area contributed by atoms with Gasteiger partial charge in [-0.15, -0.1) is 0 Å². The molecule has 2 heterocycles. The van der Waals surface area contributed by atoms with Crippen molar-refractivity contribution in [3.05, 3.63) is 83.4 Å². The molecule has 2 aromatic carbocycles. The molecule has 0 aliphatic carbocycles. The van der Waals surface area contributed by atoms with Crippen molar-refractivity contribution in [1.82, 2.24) is 14.5 Å². The second-order valence-corrected chi connectivity index (χ2v) is 10.6. The molecule has 1 aliphatic rings. The van der Waals surface area contributed by atoms with Gasteiger partial charge in [-0.3, -0.25) is 9.59 Å². The number of benzene rings is 2. The zero-order valence-electron chi connectivity index (χ0n) is 22.9. The maximum absolute atomic E-state index is 14.0. The summed E-state index contributed by atoms with van der Waals surface area (Å²) in [6.07, 6.45) is 9.44. The van der Waals surface area contributed by atoms with E-state index in [2.05, 4.69) is 43.1 Å². The van der Waals surface area contributed by atoms with Crippen molar-refractivity contribution in [2.45, 2.75) is 70.3 Å². The van der Waals surface area contributed by atoms with Gasteiger partial charge in [-0.05, 0) is 48.6 Å². The standard InChI is InChI=1S/C31H40N4O3/c1-4-5-8-17-31(27-10-7-6-9-23(27)2)20-35(21-31)30(37)28(18-24-11-14-26(38-3)15-12-24)34-19-25(33-22-34)13-16-29(32)36/h6-7,9-12,14-15,19,22,28H,4-5,8,13,16-18,20-21H2,1-3H3,(H2,32,36)/t28-/m1/s1. The second-order valence-electron chi connectivity index (χ2n) is 10.6. The number of likely N-dealkylation sites (tertiary alicyclic amines) is 1. The van der Waals surface area contributed by atoms with Crippen LogP contribution in [0.3, 0.4) is 0 Å². The average molecular weight is 517 g/mol. The molecule has 202 valence electrons. The van der Waals surface area contributed by atoms with E-state index in [0.29, 0.717) is 12.8 Å². The summed E-state index contributed by atoms with van der Waals surface area (Å²) in [7, 11) is 1.64. The molecule has 3 aromatic rings. The molecule has 0 bridgehead atoms. The zero-order valence-corrected chi connectivity index (χ0v) is 22.9. The fourth-order valence-corrected chi connectivity index (χ4v) is 5.63. The van der Waals surface area contributed by atoms with Gasteiger partial charge in [-0.1, -0.05) is 62.6 Å². The zero-order chi connectivity index (χ0) is 27.1. The number of aromatic nitrogens is 2. The van der Waals surface area contributed by atoms with Gasteiger partial charge < -0.3 is 19.9 Å². The number of aryl methyl sites for hydroxylation is 2. The van der Waals surface area contributed by atoms with E-state index < -0.39 is 6.04 Å². The quantitative estimate of drug-likeness (QED) is 0.332. The van der Waals surface area contributed by atoms with Gasteiger partial charge in [0.1, 0.15) is 11.8 Å². The first-order valence-electron chi connectivity index (χ1n) is 13.6. The number of unbranched alkanes of at least 4 members (excludes halogenated alkanes) is 2. The average Bonchev–Trinajstić information content (AvgIpc) is 3.37. The molecule has 38 heavy (non-hydrogen) atoms. The van der Waals surface area contributed by atoms with Gasteiger partial charge in [-0.2, -0.15) is 0 Å². The maximum Gasteiger partial charge on any atom is 0.246 e. The Morgan fingerprint density at radius 2 is 1.84 bits per heavy atom. The van der Waals surface area contributed by atoms with Gasteiger partial charge >= 0.3 is 0 Å². The molecular weight excluding hydrogens is 476 g/mol. The number of hydrogen-bond donors (Lipinski definition) is 1. The minimum Gasteiger partial charge on any atom is -0.497 e. The van der Waals surface area contributed by atoms with Crippen LogP contribution in [0.1, 0.15) is 67.5 Å². The Labute approximate surface area is 226 Å². The van der Waals surface area contributed by atoms with E-state index in [9.17, 15) is 9.59 Å². The Morgan fingerprint density at radius 3 is 2.50 bits per heavy atom. The van der Waals surface area contributed by atoms with Gasteiger partial charge in [0.05, 0.1) is 19.1 Å². The molecule has 1 aliphatic heterocycles. The summed E-state index contributed by atoms with van der Waals surface area (Å²) in [6.45, 7) is 5.85. The van der Waals surface area contributed by atoms with Crippen LogP contribution in [-0.4, -0.2) is 46.5 Å². The molecule has 4 rings (SSSR count). The van der Waals surface area contributed by atoms with Crippen LogP contribution < -0.4 is 10.5 Å². The van der Waals surface area contributed by atoms with Crippen LogP contribution in [0.4, 0.5) is 0 Å². The molecule has 1 fully saturated rings. The van der Waals surface area contributed by atoms with E-state index in [0.717, 1.165) is 42.9 Å². The Hall–Kier alpha value is -3.61. The lowest BCUT2D eigenvalue weighted by atomic mass is 9.68. The molecular formula is C31H40N4O3. The van der Waals surface area contributed by atoms with E-state index in [1.165, 1.54) is 24.0 Å². The molecule has 7 nitrogen and oxygen atoms in total.